The molecule has 1 aliphatic rings. The normalized spacial score (nSPS) is 15.0. The number of likely N-dealkylation sites (tertiary alicyclic amines) is 1. The van der Waals surface area contributed by atoms with Crippen LogP contribution < -0.4 is 0 Å². The molecule has 1 saturated heterocycles. The van der Waals surface area contributed by atoms with Crippen molar-refractivity contribution >= 4 is 11.9 Å². The third kappa shape index (κ3) is 4.02. The molecule has 1 heterocycles. The number of hydrogen-bond donors (Lipinski definition) is 0. The maximum Gasteiger partial charge on any atom is 0.339 e. The number of carbonyl (C=O) groups excluding carboxylic acids is 2. The third-order valence-electron chi connectivity index (χ3n) is 4.07. The number of benzene rings is 2. The zero-order valence-corrected chi connectivity index (χ0v) is 13.5. The van der Waals surface area contributed by atoms with E-state index < -0.39 is 23.7 Å². The minimum atomic E-state index is -1.14. The first-order valence-electron chi connectivity index (χ1n) is 8.05. The molecule has 0 saturated carbocycles. The molecule has 2 aromatic rings. The van der Waals surface area contributed by atoms with Gasteiger partial charge in [-0.05, 0) is 25.0 Å². The lowest BCUT2D eigenvalue weighted by Crippen LogP contribution is -2.34. The predicted octanol–water partition coefficient (Wildman–Crippen LogP) is 3.49. The highest BCUT2D eigenvalue weighted by atomic mass is 19.1. The quantitative estimate of drug-likeness (QED) is 0.797. The fourth-order valence-corrected chi connectivity index (χ4v) is 2.84. The summed E-state index contributed by atoms with van der Waals surface area (Å²) in [5.74, 6) is -3.03. The minimum absolute atomic E-state index is 0.271. The van der Waals surface area contributed by atoms with Crippen LogP contribution in [0.2, 0.25) is 0 Å². The summed E-state index contributed by atoms with van der Waals surface area (Å²) in [5, 5.41) is 0. The van der Waals surface area contributed by atoms with Crippen LogP contribution in [0.25, 0.3) is 0 Å². The van der Waals surface area contributed by atoms with Gasteiger partial charge in [0.15, 0.2) is 0 Å². The molecule has 130 valence electrons. The number of hydrogen-bond acceptors (Lipinski definition) is 3. The summed E-state index contributed by atoms with van der Waals surface area (Å²) in [6, 6.07) is 11.0. The van der Waals surface area contributed by atoms with Crippen LogP contribution in [0.4, 0.5) is 8.78 Å². The molecule has 4 nitrogen and oxygen atoms in total. The average Bonchev–Trinajstić information content (AvgIpc) is 3.13. The van der Waals surface area contributed by atoms with E-state index in [1.807, 2.05) is 0 Å². The van der Waals surface area contributed by atoms with Gasteiger partial charge in [0.25, 0.3) is 5.91 Å². The second-order valence-electron chi connectivity index (χ2n) is 5.89. The largest absolute Gasteiger partial charge is 0.444 e. The molecule has 1 atom stereocenters. The van der Waals surface area contributed by atoms with Gasteiger partial charge >= 0.3 is 5.97 Å². The van der Waals surface area contributed by atoms with Crippen molar-refractivity contribution in [3.8, 4) is 0 Å². The number of ether oxygens (including phenoxy) is 1. The van der Waals surface area contributed by atoms with Gasteiger partial charge in [-0.1, -0.05) is 30.3 Å². The summed E-state index contributed by atoms with van der Waals surface area (Å²) >= 11 is 0. The number of carbonyl (C=O) groups is 2. The van der Waals surface area contributed by atoms with E-state index in [1.165, 1.54) is 0 Å². The van der Waals surface area contributed by atoms with Crippen molar-refractivity contribution in [3.05, 3.63) is 71.3 Å². The van der Waals surface area contributed by atoms with Crippen LogP contribution in [0.3, 0.4) is 0 Å². The Morgan fingerprint density at radius 1 is 0.960 bits per heavy atom. The molecule has 2 aromatic carbocycles. The molecule has 0 bridgehead atoms. The van der Waals surface area contributed by atoms with Gasteiger partial charge in [-0.3, -0.25) is 4.79 Å². The maximum absolute atomic E-state index is 13.3. The number of esters is 1. The smallest absolute Gasteiger partial charge is 0.339 e. The lowest BCUT2D eigenvalue weighted by atomic mass is 10.1. The highest BCUT2D eigenvalue weighted by molar-refractivity contribution is 5.92. The van der Waals surface area contributed by atoms with Gasteiger partial charge in [-0.15, -0.1) is 0 Å². The van der Waals surface area contributed by atoms with Gasteiger partial charge in [0.1, 0.15) is 11.6 Å². The zero-order chi connectivity index (χ0) is 17.8. The van der Waals surface area contributed by atoms with Crippen LogP contribution in [0.1, 0.15) is 34.9 Å². The molecule has 0 spiro atoms. The zero-order valence-electron chi connectivity index (χ0n) is 13.5. The van der Waals surface area contributed by atoms with Crippen molar-refractivity contribution < 1.29 is 23.1 Å². The lowest BCUT2D eigenvalue weighted by Gasteiger charge is -2.23. The molecule has 0 unspecified atom stereocenters. The fourth-order valence-electron chi connectivity index (χ4n) is 2.84. The van der Waals surface area contributed by atoms with Crippen molar-refractivity contribution in [2.45, 2.75) is 18.9 Å². The van der Waals surface area contributed by atoms with E-state index in [0.717, 1.165) is 25.0 Å². The molecular formula is C19H17F2NO3. The Morgan fingerprint density at radius 3 is 2.16 bits per heavy atom. The SMILES string of the molecule is O=C(O[C@@H](C(=O)N1CCCC1)c1ccccc1)c1cc(F)cc(F)c1. The first kappa shape index (κ1) is 17.1. The number of nitrogens with zero attached hydrogens (tertiary/aromatic N) is 1. The summed E-state index contributed by atoms with van der Waals surface area (Å²) in [6.07, 6.45) is 0.658. The van der Waals surface area contributed by atoms with E-state index in [-0.39, 0.29) is 11.5 Å². The predicted molar refractivity (Wildman–Crippen MR) is 86.8 cm³/mol. The van der Waals surface area contributed by atoms with Crippen LogP contribution in [0.5, 0.6) is 0 Å². The van der Waals surface area contributed by atoms with Gasteiger partial charge in [0.2, 0.25) is 6.10 Å². The van der Waals surface area contributed by atoms with E-state index in [2.05, 4.69) is 0 Å². The molecule has 1 aliphatic heterocycles. The lowest BCUT2D eigenvalue weighted by molar-refractivity contribution is -0.140. The molecule has 0 radical (unpaired) electrons. The molecule has 6 heteroatoms. The molecule has 1 fully saturated rings. The van der Waals surface area contributed by atoms with Gasteiger partial charge in [0.05, 0.1) is 5.56 Å². The highest BCUT2D eigenvalue weighted by Gasteiger charge is 2.31. The number of amides is 1. The van der Waals surface area contributed by atoms with Crippen molar-refractivity contribution in [1.82, 2.24) is 4.90 Å². The maximum atomic E-state index is 13.3. The molecule has 0 aliphatic carbocycles. The molecule has 1 amide bonds. The van der Waals surface area contributed by atoms with Crippen molar-refractivity contribution in [1.29, 1.82) is 0 Å². The first-order chi connectivity index (χ1) is 12.0. The van der Waals surface area contributed by atoms with Gasteiger partial charge in [0, 0.05) is 24.7 Å². The van der Waals surface area contributed by atoms with Crippen molar-refractivity contribution in [3.63, 3.8) is 0 Å². The van der Waals surface area contributed by atoms with Crippen molar-refractivity contribution in [2.75, 3.05) is 13.1 Å². The second kappa shape index (κ2) is 7.42. The first-order valence-corrected chi connectivity index (χ1v) is 8.05. The number of rotatable bonds is 4. The van der Waals surface area contributed by atoms with Crippen LogP contribution in [-0.4, -0.2) is 29.9 Å². The Hall–Kier alpha value is -2.76. The van der Waals surface area contributed by atoms with Gasteiger partial charge in [-0.25, -0.2) is 13.6 Å². The summed E-state index contributed by atoms with van der Waals surface area (Å²) in [7, 11) is 0. The van der Waals surface area contributed by atoms with E-state index in [1.54, 1.807) is 35.2 Å². The monoisotopic (exact) mass is 345 g/mol. The van der Waals surface area contributed by atoms with E-state index in [4.69, 9.17) is 4.74 Å². The summed E-state index contributed by atoms with van der Waals surface area (Å²) in [5.41, 5.74) is 0.247. The summed E-state index contributed by atoms with van der Waals surface area (Å²) < 4.78 is 32.0. The van der Waals surface area contributed by atoms with E-state index >= 15 is 0 Å². The van der Waals surface area contributed by atoms with Gasteiger partial charge < -0.3 is 9.64 Å². The highest BCUT2D eigenvalue weighted by Crippen LogP contribution is 2.24. The Bertz CT molecular complexity index is 753. The summed E-state index contributed by atoms with van der Waals surface area (Å²) in [6.45, 7) is 1.21. The molecule has 0 N–H and O–H groups in total. The molecular weight excluding hydrogens is 328 g/mol. The summed E-state index contributed by atoms with van der Waals surface area (Å²) in [4.78, 5) is 26.7. The van der Waals surface area contributed by atoms with Crippen LogP contribution in [0.15, 0.2) is 48.5 Å². The third-order valence-corrected chi connectivity index (χ3v) is 4.07. The molecule has 0 aromatic heterocycles. The topological polar surface area (TPSA) is 46.6 Å². The molecule has 25 heavy (non-hydrogen) atoms. The number of halogens is 2. The molecule has 3 rings (SSSR count). The van der Waals surface area contributed by atoms with Crippen LogP contribution in [0, 0.1) is 11.6 Å². The van der Waals surface area contributed by atoms with Crippen LogP contribution >= 0.6 is 0 Å². The average molecular weight is 345 g/mol. The Labute approximate surface area is 144 Å². The van der Waals surface area contributed by atoms with E-state index in [9.17, 15) is 18.4 Å². The van der Waals surface area contributed by atoms with E-state index in [0.29, 0.717) is 24.7 Å². The standard InChI is InChI=1S/C19H17F2NO3/c20-15-10-14(11-16(21)12-15)19(24)25-17(13-6-2-1-3-7-13)18(23)22-8-4-5-9-22/h1-3,6-7,10-12,17H,4-5,8-9H2/t17-/m1/s1. The Morgan fingerprint density at radius 2 is 1.56 bits per heavy atom. The van der Waals surface area contributed by atoms with Crippen LogP contribution in [-0.2, 0) is 9.53 Å². The van der Waals surface area contributed by atoms with Crippen molar-refractivity contribution in [2.24, 2.45) is 0 Å². The van der Waals surface area contributed by atoms with Gasteiger partial charge in [-0.2, -0.15) is 0 Å². The minimum Gasteiger partial charge on any atom is -0.444 e. The second-order valence-corrected chi connectivity index (χ2v) is 5.89. The fraction of sp³-hybridized carbons (Fsp3) is 0.263. The Balaban J connectivity index is 1.86. The Kier molecular flexibility index (Phi) is 5.07.